The molecular weight excluding hydrogens is 178 g/mol. The van der Waals surface area contributed by atoms with Crippen molar-refractivity contribution in [3.63, 3.8) is 0 Å². The Morgan fingerprint density at radius 2 is 2.07 bits per heavy atom. The molecule has 0 aromatic carbocycles. The molecule has 0 unspecified atom stereocenters. The molecule has 1 aromatic rings. The molecule has 0 atom stereocenters. The number of anilines is 1. The number of aromatic nitrogens is 2. The predicted octanol–water partition coefficient (Wildman–Crippen LogP) is 1.61. The molecule has 3 rings (SSSR count). The highest BCUT2D eigenvalue weighted by molar-refractivity contribution is 5.43. The number of hydrogen-bond donors (Lipinski definition) is 1. The molecule has 0 saturated heterocycles. The van der Waals surface area contributed by atoms with Crippen LogP contribution in [0.15, 0.2) is 0 Å². The SMILES string of the molecule is Nc1nn(C2CCCC2)c2c1COC2. The van der Waals surface area contributed by atoms with E-state index >= 15 is 0 Å². The second-order valence-corrected chi connectivity index (χ2v) is 4.19. The third-order valence-corrected chi connectivity index (χ3v) is 3.31. The Morgan fingerprint density at radius 1 is 1.29 bits per heavy atom. The first-order chi connectivity index (χ1) is 6.86. The van der Waals surface area contributed by atoms with Gasteiger partial charge in [0.05, 0.1) is 24.9 Å². The van der Waals surface area contributed by atoms with Crippen LogP contribution in [0.4, 0.5) is 5.82 Å². The van der Waals surface area contributed by atoms with Crippen LogP contribution in [0.5, 0.6) is 0 Å². The van der Waals surface area contributed by atoms with E-state index in [1.807, 2.05) is 0 Å². The standard InChI is InChI=1S/C10H15N3O/c11-10-8-5-14-6-9(8)13(12-10)7-3-1-2-4-7/h7H,1-6H2,(H2,11,12). The average molecular weight is 193 g/mol. The van der Waals surface area contributed by atoms with Crippen molar-refractivity contribution < 1.29 is 4.74 Å². The second kappa shape index (κ2) is 2.98. The number of hydrogen-bond acceptors (Lipinski definition) is 3. The van der Waals surface area contributed by atoms with Crippen molar-refractivity contribution in [2.24, 2.45) is 0 Å². The van der Waals surface area contributed by atoms with Crippen LogP contribution in [0.2, 0.25) is 0 Å². The molecule has 2 heterocycles. The summed E-state index contributed by atoms with van der Waals surface area (Å²) in [5, 5.41) is 4.43. The fourth-order valence-corrected chi connectivity index (χ4v) is 2.53. The van der Waals surface area contributed by atoms with E-state index in [1.54, 1.807) is 0 Å². The van der Waals surface area contributed by atoms with Gasteiger partial charge in [0.25, 0.3) is 0 Å². The zero-order valence-corrected chi connectivity index (χ0v) is 8.20. The molecule has 1 aliphatic carbocycles. The lowest BCUT2D eigenvalue weighted by Crippen LogP contribution is -2.10. The van der Waals surface area contributed by atoms with Crippen molar-refractivity contribution in [2.45, 2.75) is 44.9 Å². The number of fused-ring (bicyclic) bond motifs is 1. The Balaban J connectivity index is 2.01. The predicted molar refractivity (Wildman–Crippen MR) is 52.6 cm³/mol. The van der Waals surface area contributed by atoms with E-state index in [2.05, 4.69) is 9.78 Å². The molecule has 0 spiro atoms. The zero-order chi connectivity index (χ0) is 9.54. The normalized spacial score (nSPS) is 21.7. The minimum Gasteiger partial charge on any atom is -0.382 e. The van der Waals surface area contributed by atoms with Gasteiger partial charge in [-0.15, -0.1) is 0 Å². The molecule has 1 aromatic heterocycles. The monoisotopic (exact) mass is 193 g/mol. The van der Waals surface area contributed by atoms with Gasteiger partial charge in [0.1, 0.15) is 0 Å². The van der Waals surface area contributed by atoms with Crippen LogP contribution in [-0.2, 0) is 18.0 Å². The van der Waals surface area contributed by atoms with Gasteiger partial charge in [0.15, 0.2) is 5.82 Å². The molecule has 76 valence electrons. The minimum absolute atomic E-state index is 0.572. The highest BCUT2D eigenvalue weighted by atomic mass is 16.5. The molecule has 14 heavy (non-hydrogen) atoms. The van der Waals surface area contributed by atoms with Gasteiger partial charge in [0, 0.05) is 5.56 Å². The third kappa shape index (κ3) is 1.07. The van der Waals surface area contributed by atoms with Crippen molar-refractivity contribution in [1.29, 1.82) is 0 Å². The number of ether oxygens (including phenoxy) is 1. The largest absolute Gasteiger partial charge is 0.382 e. The highest BCUT2D eigenvalue weighted by Crippen LogP contribution is 2.34. The maximum Gasteiger partial charge on any atom is 0.151 e. The summed E-state index contributed by atoms with van der Waals surface area (Å²) in [5.41, 5.74) is 8.19. The van der Waals surface area contributed by atoms with E-state index in [9.17, 15) is 0 Å². The molecule has 1 saturated carbocycles. The van der Waals surface area contributed by atoms with Crippen molar-refractivity contribution in [3.8, 4) is 0 Å². The molecular formula is C10H15N3O. The van der Waals surface area contributed by atoms with Gasteiger partial charge in [-0.25, -0.2) is 0 Å². The molecule has 0 bridgehead atoms. The lowest BCUT2D eigenvalue weighted by molar-refractivity contribution is 0.128. The first kappa shape index (κ1) is 8.29. The van der Waals surface area contributed by atoms with Crippen molar-refractivity contribution >= 4 is 5.82 Å². The van der Waals surface area contributed by atoms with E-state index in [0.29, 0.717) is 25.1 Å². The van der Waals surface area contributed by atoms with Gasteiger partial charge < -0.3 is 10.5 Å². The van der Waals surface area contributed by atoms with Crippen molar-refractivity contribution in [2.75, 3.05) is 5.73 Å². The van der Waals surface area contributed by atoms with Crippen LogP contribution in [-0.4, -0.2) is 9.78 Å². The fourth-order valence-electron chi connectivity index (χ4n) is 2.53. The van der Waals surface area contributed by atoms with Gasteiger partial charge in [-0.3, -0.25) is 4.68 Å². The molecule has 1 aliphatic heterocycles. The van der Waals surface area contributed by atoms with Gasteiger partial charge >= 0.3 is 0 Å². The Hall–Kier alpha value is -1.03. The number of nitrogen functional groups attached to an aromatic ring is 1. The summed E-state index contributed by atoms with van der Waals surface area (Å²) in [5.74, 6) is 0.671. The molecule has 4 heteroatoms. The van der Waals surface area contributed by atoms with Crippen LogP contribution in [0.25, 0.3) is 0 Å². The summed E-state index contributed by atoms with van der Waals surface area (Å²) >= 11 is 0. The van der Waals surface area contributed by atoms with Crippen LogP contribution in [0, 0.1) is 0 Å². The van der Waals surface area contributed by atoms with E-state index in [-0.39, 0.29) is 0 Å². The molecule has 0 amide bonds. The quantitative estimate of drug-likeness (QED) is 0.737. The van der Waals surface area contributed by atoms with Gasteiger partial charge in [-0.2, -0.15) is 5.10 Å². The molecule has 0 radical (unpaired) electrons. The molecule has 4 nitrogen and oxygen atoms in total. The van der Waals surface area contributed by atoms with E-state index in [0.717, 1.165) is 5.56 Å². The van der Waals surface area contributed by atoms with Crippen LogP contribution >= 0.6 is 0 Å². The Kier molecular flexibility index (Phi) is 1.77. The number of nitrogens with zero attached hydrogens (tertiary/aromatic N) is 2. The number of rotatable bonds is 1. The van der Waals surface area contributed by atoms with Crippen LogP contribution in [0.3, 0.4) is 0 Å². The van der Waals surface area contributed by atoms with Gasteiger partial charge in [-0.1, -0.05) is 12.8 Å². The summed E-state index contributed by atoms with van der Waals surface area (Å²) in [6.07, 6.45) is 5.13. The topological polar surface area (TPSA) is 53.1 Å². The van der Waals surface area contributed by atoms with Gasteiger partial charge in [0.2, 0.25) is 0 Å². The fraction of sp³-hybridized carbons (Fsp3) is 0.700. The van der Waals surface area contributed by atoms with E-state index in [1.165, 1.54) is 31.4 Å². The molecule has 2 aliphatic rings. The maximum absolute atomic E-state index is 5.85. The summed E-state index contributed by atoms with van der Waals surface area (Å²) < 4.78 is 7.51. The summed E-state index contributed by atoms with van der Waals surface area (Å²) in [6.45, 7) is 1.34. The van der Waals surface area contributed by atoms with E-state index in [4.69, 9.17) is 10.5 Å². The number of nitrogens with two attached hydrogens (primary N) is 1. The lowest BCUT2D eigenvalue weighted by Gasteiger charge is -2.12. The third-order valence-electron chi connectivity index (χ3n) is 3.31. The van der Waals surface area contributed by atoms with Crippen LogP contribution in [0.1, 0.15) is 43.0 Å². The Bertz CT molecular complexity index is 352. The van der Waals surface area contributed by atoms with Crippen molar-refractivity contribution in [1.82, 2.24) is 9.78 Å². The van der Waals surface area contributed by atoms with Crippen LogP contribution < -0.4 is 5.73 Å². The second-order valence-electron chi connectivity index (χ2n) is 4.19. The lowest BCUT2D eigenvalue weighted by atomic mass is 10.2. The highest BCUT2D eigenvalue weighted by Gasteiger charge is 2.27. The summed E-state index contributed by atoms with van der Waals surface area (Å²) in [7, 11) is 0. The van der Waals surface area contributed by atoms with Gasteiger partial charge in [-0.05, 0) is 12.8 Å². The smallest absolute Gasteiger partial charge is 0.151 e. The minimum atomic E-state index is 0.572. The molecule has 1 fully saturated rings. The maximum atomic E-state index is 5.85. The van der Waals surface area contributed by atoms with E-state index < -0.39 is 0 Å². The Labute approximate surface area is 83.0 Å². The summed E-state index contributed by atoms with van der Waals surface area (Å²) in [6, 6.07) is 0.572. The molecule has 2 N–H and O–H groups in total. The zero-order valence-electron chi connectivity index (χ0n) is 8.20. The summed E-state index contributed by atoms with van der Waals surface area (Å²) in [4.78, 5) is 0. The first-order valence-corrected chi connectivity index (χ1v) is 5.30. The first-order valence-electron chi connectivity index (χ1n) is 5.30. The van der Waals surface area contributed by atoms with Crippen molar-refractivity contribution in [3.05, 3.63) is 11.3 Å². The average Bonchev–Trinajstić information content (AvgIpc) is 2.84. The Morgan fingerprint density at radius 3 is 2.86 bits per heavy atom.